The summed E-state index contributed by atoms with van der Waals surface area (Å²) < 4.78 is 91.6. The molecule has 4 heterocycles. The Morgan fingerprint density at radius 2 is 1.92 bits per heavy atom. The van der Waals surface area contributed by atoms with Crippen molar-refractivity contribution in [2.45, 2.75) is 32.2 Å². The number of urea groups is 1. The molecule has 3 aromatic rings. The molecule has 1 fully saturated rings. The lowest BCUT2D eigenvalue weighted by Crippen LogP contribution is -2.29. The highest BCUT2D eigenvalue weighted by atomic mass is 19.4. The van der Waals surface area contributed by atoms with E-state index < -0.39 is 29.8 Å². The van der Waals surface area contributed by atoms with E-state index in [4.69, 9.17) is 9.47 Å². The molecule has 10 nitrogen and oxygen atoms in total. The summed E-state index contributed by atoms with van der Waals surface area (Å²) in [5.41, 5.74) is -2.29. The van der Waals surface area contributed by atoms with Gasteiger partial charge in [0.25, 0.3) is 0 Å². The molecule has 3 aromatic heterocycles. The number of ether oxygens (including phenoxy) is 2. The lowest BCUT2D eigenvalue weighted by Gasteiger charge is -2.14. The van der Waals surface area contributed by atoms with Gasteiger partial charge in [0.05, 0.1) is 36.7 Å². The van der Waals surface area contributed by atoms with Gasteiger partial charge in [-0.15, -0.1) is 5.10 Å². The van der Waals surface area contributed by atoms with Crippen molar-refractivity contribution in [1.29, 1.82) is 0 Å². The highest BCUT2D eigenvalue weighted by Crippen LogP contribution is 2.36. The van der Waals surface area contributed by atoms with Crippen LogP contribution >= 0.6 is 0 Å². The number of halogens is 6. The Morgan fingerprint density at radius 1 is 1.15 bits per heavy atom. The van der Waals surface area contributed by atoms with Crippen LogP contribution in [0.15, 0.2) is 24.4 Å². The minimum absolute atomic E-state index is 0.0233. The maximum atomic E-state index is 13.3. The third-order valence-corrected chi connectivity index (χ3v) is 5.66. The van der Waals surface area contributed by atoms with E-state index in [2.05, 4.69) is 30.9 Å². The molecule has 2 amide bonds. The Labute approximate surface area is 217 Å². The predicted molar refractivity (Wildman–Crippen MR) is 123 cm³/mol. The van der Waals surface area contributed by atoms with Gasteiger partial charge < -0.3 is 20.1 Å². The van der Waals surface area contributed by atoms with Gasteiger partial charge in [-0.2, -0.15) is 36.5 Å². The van der Waals surface area contributed by atoms with Crippen molar-refractivity contribution in [3.05, 3.63) is 47.0 Å². The summed E-state index contributed by atoms with van der Waals surface area (Å²) in [6, 6.07) is 2.40. The second kappa shape index (κ2) is 11.0. The molecule has 0 aliphatic carbocycles. The Kier molecular flexibility index (Phi) is 7.94. The number of carbonyl (C=O) groups excluding carboxylic acids is 1. The summed E-state index contributed by atoms with van der Waals surface area (Å²) in [5.74, 6) is -0.284. The van der Waals surface area contributed by atoms with E-state index in [0.717, 1.165) is 10.7 Å². The quantitative estimate of drug-likeness (QED) is 0.414. The number of carbonyl (C=O) groups is 1. The first-order valence-electron chi connectivity index (χ1n) is 11.6. The Morgan fingerprint density at radius 3 is 2.56 bits per heavy atom. The number of aryl methyl sites for hydroxylation is 2. The molecule has 1 aliphatic heterocycles. The Bertz CT molecular complexity index is 1340. The SMILES string of the molecule is Cc1cc(CNC(=O)Nc2cc(OCC3CCOC3)nc(C(F)(F)F)c2)nnc1-c1cn(C)nc1C(F)(F)F. The first kappa shape index (κ1) is 28.1. The fourth-order valence-corrected chi connectivity index (χ4v) is 3.82. The van der Waals surface area contributed by atoms with E-state index in [0.29, 0.717) is 31.3 Å². The summed E-state index contributed by atoms with van der Waals surface area (Å²) >= 11 is 0. The van der Waals surface area contributed by atoms with Crippen LogP contribution in [-0.2, 0) is 30.7 Å². The zero-order valence-corrected chi connectivity index (χ0v) is 20.7. The minimum atomic E-state index is -4.78. The van der Waals surface area contributed by atoms with Crippen molar-refractivity contribution in [3.8, 4) is 17.1 Å². The summed E-state index contributed by atoms with van der Waals surface area (Å²) in [6.07, 6.45) is -7.59. The van der Waals surface area contributed by atoms with Crippen molar-refractivity contribution in [3.63, 3.8) is 0 Å². The van der Waals surface area contributed by atoms with E-state index in [1.54, 1.807) is 0 Å². The van der Waals surface area contributed by atoms with Crippen LogP contribution in [0.4, 0.5) is 36.8 Å². The molecule has 39 heavy (non-hydrogen) atoms. The van der Waals surface area contributed by atoms with Crippen LogP contribution < -0.4 is 15.4 Å². The number of hydrogen-bond donors (Lipinski definition) is 2. The standard InChI is InChI=1S/C23H23F6N7O3/c1-12-5-15(33-34-19(12)16-9-36(2)35-20(16)23(27,28)29)8-30-21(37)31-14-6-17(22(24,25)26)32-18(7-14)39-11-13-3-4-38-10-13/h5-7,9,13H,3-4,8,10-11H2,1-2H3,(H2,30,31,32,37). The van der Waals surface area contributed by atoms with Gasteiger partial charge in [-0.05, 0) is 31.0 Å². The van der Waals surface area contributed by atoms with Crippen molar-refractivity contribution < 1.29 is 40.6 Å². The smallest absolute Gasteiger partial charge is 0.435 e. The maximum Gasteiger partial charge on any atom is 0.435 e. The molecule has 0 bridgehead atoms. The Balaban J connectivity index is 1.42. The average Bonchev–Trinajstić information content (AvgIpc) is 3.50. The lowest BCUT2D eigenvalue weighted by molar-refractivity contribution is -0.142. The third-order valence-electron chi connectivity index (χ3n) is 5.66. The van der Waals surface area contributed by atoms with Crippen LogP contribution in [0.1, 0.15) is 29.1 Å². The van der Waals surface area contributed by atoms with Crippen LogP contribution in [0, 0.1) is 12.8 Å². The molecule has 16 heteroatoms. The summed E-state index contributed by atoms with van der Waals surface area (Å²) in [7, 11) is 1.35. The predicted octanol–water partition coefficient (Wildman–Crippen LogP) is 4.36. The number of aromatic nitrogens is 5. The molecule has 0 radical (unpaired) electrons. The van der Waals surface area contributed by atoms with Gasteiger partial charge in [0.2, 0.25) is 5.88 Å². The van der Waals surface area contributed by atoms with E-state index >= 15 is 0 Å². The fraction of sp³-hybridized carbons (Fsp3) is 0.435. The molecule has 0 saturated carbocycles. The first-order valence-corrected chi connectivity index (χ1v) is 11.6. The molecule has 1 saturated heterocycles. The molecular formula is C23H23F6N7O3. The van der Waals surface area contributed by atoms with Crippen LogP contribution in [0.3, 0.4) is 0 Å². The number of rotatable bonds is 7. The van der Waals surface area contributed by atoms with Gasteiger partial charge in [0, 0.05) is 37.5 Å². The van der Waals surface area contributed by atoms with Gasteiger partial charge in [0.1, 0.15) is 0 Å². The number of pyridine rings is 1. The van der Waals surface area contributed by atoms with Crippen molar-refractivity contribution in [1.82, 2.24) is 30.3 Å². The topological polar surface area (TPSA) is 116 Å². The van der Waals surface area contributed by atoms with Crippen LogP contribution in [0.5, 0.6) is 5.88 Å². The molecule has 2 N–H and O–H groups in total. The van der Waals surface area contributed by atoms with Crippen LogP contribution in [-0.4, -0.2) is 50.8 Å². The van der Waals surface area contributed by atoms with E-state index in [1.807, 2.05) is 0 Å². The Hall–Kier alpha value is -3.95. The average molecular weight is 559 g/mol. The van der Waals surface area contributed by atoms with Gasteiger partial charge >= 0.3 is 18.4 Å². The largest absolute Gasteiger partial charge is 0.477 e. The number of nitrogens with one attached hydrogen (secondary N) is 2. The molecule has 210 valence electrons. The summed E-state index contributed by atoms with van der Waals surface area (Å²) in [5, 5.41) is 15.9. The number of nitrogens with zero attached hydrogens (tertiary/aromatic N) is 5. The zero-order valence-electron chi connectivity index (χ0n) is 20.7. The van der Waals surface area contributed by atoms with Crippen LogP contribution in [0.25, 0.3) is 11.3 Å². The molecule has 0 spiro atoms. The number of hydrogen-bond acceptors (Lipinski definition) is 7. The van der Waals surface area contributed by atoms with E-state index in [9.17, 15) is 31.1 Å². The summed E-state index contributed by atoms with van der Waals surface area (Å²) in [6.45, 7) is 2.40. The highest BCUT2D eigenvalue weighted by molar-refractivity contribution is 5.89. The van der Waals surface area contributed by atoms with Gasteiger partial charge in [-0.25, -0.2) is 9.78 Å². The molecular weight excluding hydrogens is 536 g/mol. The number of anilines is 1. The zero-order chi connectivity index (χ0) is 28.4. The molecule has 1 unspecified atom stereocenters. The summed E-state index contributed by atoms with van der Waals surface area (Å²) in [4.78, 5) is 15.9. The normalized spacial score (nSPS) is 15.8. The maximum absolute atomic E-state index is 13.3. The molecule has 4 rings (SSSR count). The first-order chi connectivity index (χ1) is 18.3. The number of alkyl halides is 6. The monoisotopic (exact) mass is 559 g/mol. The second-order valence-electron chi connectivity index (χ2n) is 8.86. The van der Waals surface area contributed by atoms with E-state index in [-0.39, 0.29) is 47.6 Å². The van der Waals surface area contributed by atoms with Gasteiger partial charge in [-0.3, -0.25) is 4.68 Å². The molecule has 1 atom stereocenters. The van der Waals surface area contributed by atoms with Crippen molar-refractivity contribution in [2.24, 2.45) is 13.0 Å². The minimum Gasteiger partial charge on any atom is -0.477 e. The van der Waals surface area contributed by atoms with Gasteiger partial charge in [-0.1, -0.05) is 0 Å². The highest BCUT2D eigenvalue weighted by Gasteiger charge is 2.38. The van der Waals surface area contributed by atoms with Crippen molar-refractivity contribution in [2.75, 3.05) is 25.1 Å². The fourth-order valence-electron chi connectivity index (χ4n) is 3.82. The van der Waals surface area contributed by atoms with Crippen LogP contribution in [0.2, 0.25) is 0 Å². The van der Waals surface area contributed by atoms with E-state index in [1.165, 1.54) is 26.2 Å². The second-order valence-corrected chi connectivity index (χ2v) is 8.86. The third kappa shape index (κ3) is 7.13. The molecule has 0 aromatic carbocycles. The lowest BCUT2D eigenvalue weighted by atomic mass is 10.1. The number of amides is 2. The van der Waals surface area contributed by atoms with Gasteiger partial charge in [0.15, 0.2) is 11.4 Å². The van der Waals surface area contributed by atoms with Crippen molar-refractivity contribution >= 4 is 11.7 Å². The molecule has 1 aliphatic rings.